The summed E-state index contributed by atoms with van der Waals surface area (Å²) in [7, 11) is -6.74. The number of sulfonamides is 2. The molecule has 0 aromatic heterocycles. The van der Waals surface area contributed by atoms with Crippen molar-refractivity contribution in [3.05, 3.63) is 83.9 Å². The molecule has 232 valence electrons. The number of carbonyl (C=O) groups is 1. The van der Waals surface area contributed by atoms with Crippen molar-refractivity contribution in [2.24, 2.45) is 5.92 Å². The van der Waals surface area contributed by atoms with Gasteiger partial charge >= 0.3 is 0 Å². The number of carbonyl (C=O) groups excluding carboxylic acids is 1. The molecular formula is C29H33F2N3O7S2. The SMILES string of the molecule is C[C@H]1CN([C@@H](C)CO)C(=O)Cc2cc(NS(=O)(=O)c3ccc(F)cc3)ccc2O[C@H]1CN(C)S(=O)(=O)c1ccc(F)cc1. The average Bonchev–Trinajstić information content (AvgIpc) is 3.00. The highest BCUT2D eigenvalue weighted by atomic mass is 32.2. The lowest BCUT2D eigenvalue weighted by Gasteiger charge is -2.33. The van der Waals surface area contributed by atoms with Gasteiger partial charge in [-0.05, 0) is 73.7 Å². The Morgan fingerprint density at radius 3 is 2.16 bits per heavy atom. The fourth-order valence-electron chi connectivity index (χ4n) is 4.68. The number of likely N-dealkylation sites (N-methyl/N-ethyl adjacent to an activating group) is 1. The summed E-state index contributed by atoms with van der Waals surface area (Å²) in [6.07, 6.45) is -0.963. The molecule has 0 radical (unpaired) electrons. The number of benzene rings is 3. The van der Waals surface area contributed by atoms with Gasteiger partial charge in [-0.2, -0.15) is 4.31 Å². The first kappa shape index (κ1) is 32.3. The molecule has 3 aromatic rings. The van der Waals surface area contributed by atoms with E-state index in [4.69, 9.17) is 4.74 Å². The Labute approximate surface area is 250 Å². The number of amides is 1. The number of halogens is 2. The van der Waals surface area contributed by atoms with Crippen LogP contribution in [-0.4, -0.2) is 75.9 Å². The van der Waals surface area contributed by atoms with Gasteiger partial charge in [0.1, 0.15) is 23.5 Å². The van der Waals surface area contributed by atoms with Crippen molar-refractivity contribution in [2.75, 3.05) is 31.5 Å². The van der Waals surface area contributed by atoms with Crippen molar-refractivity contribution in [1.29, 1.82) is 0 Å². The smallest absolute Gasteiger partial charge is 0.261 e. The van der Waals surface area contributed by atoms with E-state index in [1.54, 1.807) is 13.8 Å². The van der Waals surface area contributed by atoms with Gasteiger partial charge in [-0.1, -0.05) is 6.92 Å². The Morgan fingerprint density at radius 2 is 1.58 bits per heavy atom. The van der Waals surface area contributed by atoms with Gasteiger partial charge in [0.05, 0.1) is 35.4 Å². The van der Waals surface area contributed by atoms with Crippen LogP contribution in [-0.2, 0) is 31.3 Å². The molecule has 1 heterocycles. The van der Waals surface area contributed by atoms with Crippen LogP contribution in [0.3, 0.4) is 0 Å². The zero-order chi connectivity index (χ0) is 31.5. The van der Waals surface area contributed by atoms with E-state index in [-0.39, 0.29) is 53.3 Å². The number of nitrogens with zero attached hydrogens (tertiary/aromatic N) is 2. The molecule has 4 rings (SSSR count). The van der Waals surface area contributed by atoms with Crippen LogP contribution < -0.4 is 9.46 Å². The van der Waals surface area contributed by atoms with E-state index >= 15 is 0 Å². The molecule has 3 aromatic carbocycles. The van der Waals surface area contributed by atoms with Gasteiger partial charge in [0.2, 0.25) is 15.9 Å². The lowest BCUT2D eigenvalue weighted by molar-refractivity contribution is -0.134. The highest BCUT2D eigenvalue weighted by molar-refractivity contribution is 7.92. The molecule has 0 fully saturated rings. The standard InChI is InChI=1S/C29H33F2N3O7S2/c1-19-16-34(20(2)18-35)29(36)15-21-14-24(32-42(37,38)25-9-4-22(30)5-10-25)8-13-27(21)41-28(19)17-33(3)43(39,40)26-11-6-23(31)7-12-26/h4-14,19-20,28,32,35H,15-18H2,1-3H3/t19-,20-,28-/m0/s1. The molecule has 1 amide bonds. The second kappa shape index (κ2) is 13.0. The van der Waals surface area contributed by atoms with Gasteiger partial charge in [0, 0.05) is 30.8 Å². The predicted molar refractivity (Wildman–Crippen MR) is 155 cm³/mol. The van der Waals surface area contributed by atoms with Crippen molar-refractivity contribution >= 4 is 31.6 Å². The van der Waals surface area contributed by atoms with Crippen LogP contribution >= 0.6 is 0 Å². The monoisotopic (exact) mass is 637 g/mol. The fourth-order valence-corrected chi connectivity index (χ4v) is 6.91. The molecule has 43 heavy (non-hydrogen) atoms. The number of fused-ring (bicyclic) bond motifs is 1. The number of aliphatic hydroxyl groups is 1. The summed E-state index contributed by atoms with van der Waals surface area (Å²) in [5.41, 5.74) is 0.462. The van der Waals surface area contributed by atoms with Crippen molar-refractivity contribution in [1.82, 2.24) is 9.21 Å². The Kier molecular flexibility index (Phi) is 9.74. The molecule has 0 unspecified atom stereocenters. The normalized spacial score (nSPS) is 18.7. The topological polar surface area (TPSA) is 133 Å². The third kappa shape index (κ3) is 7.50. The number of rotatable bonds is 9. The van der Waals surface area contributed by atoms with Gasteiger partial charge in [-0.15, -0.1) is 0 Å². The minimum atomic E-state index is -4.09. The van der Waals surface area contributed by atoms with E-state index in [0.29, 0.717) is 5.56 Å². The minimum Gasteiger partial charge on any atom is -0.488 e. The summed E-state index contributed by atoms with van der Waals surface area (Å²) in [6, 6.07) is 12.6. The zero-order valence-corrected chi connectivity index (χ0v) is 25.4. The van der Waals surface area contributed by atoms with Gasteiger partial charge < -0.3 is 14.7 Å². The Balaban J connectivity index is 1.68. The average molecular weight is 638 g/mol. The second-order valence-corrected chi connectivity index (χ2v) is 14.2. The Bertz CT molecular complexity index is 1670. The largest absolute Gasteiger partial charge is 0.488 e. The zero-order valence-electron chi connectivity index (χ0n) is 23.8. The third-order valence-electron chi connectivity index (χ3n) is 7.25. The van der Waals surface area contributed by atoms with E-state index in [1.807, 2.05) is 0 Å². The third-order valence-corrected chi connectivity index (χ3v) is 10.5. The predicted octanol–water partition coefficient (Wildman–Crippen LogP) is 3.24. The molecule has 0 spiro atoms. The van der Waals surface area contributed by atoms with Crippen LogP contribution in [0, 0.1) is 17.6 Å². The molecular weight excluding hydrogens is 604 g/mol. The Morgan fingerprint density at radius 1 is 1.00 bits per heavy atom. The van der Waals surface area contributed by atoms with Crippen molar-refractivity contribution < 1.29 is 40.3 Å². The van der Waals surface area contributed by atoms with Gasteiger partial charge in [0.25, 0.3) is 10.0 Å². The fraction of sp³-hybridized carbons (Fsp3) is 0.345. The van der Waals surface area contributed by atoms with E-state index in [9.17, 15) is 35.5 Å². The number of ether oxygens (including phenoxy) is 1. The molecule has 0 saturated heterocycles. The van der Waals surface area contributed by atoms with Gasteiger partial charge in [-0.25, -0.2) is 25.6 Å². The van der Waals surface area contributed by atoms with Crippen LogP contribution in [0.15, 0.2) is 76.5 Å². The highest BCUT2D eigenvalue weighted by Gasteiger charge is 2.33. The number of nitrogens with one attached hydrogen (secondary N) is 1. The van der Waals surface area contributed by atoms with E-state index in [1.165, 1.54) is 42.3 Å². The molecule has 3 atom stereocenters. The molecule has 2 N–H and O–H groups in total. The summed E-state index contributed by atoms with van der Waals surface area (Å²) >= 11 is 0. The first-order valence-electron chi connectivity index (χ1n) is 13.4. The maximum Gasteiger partial charge on any atom is 0.261 e. The first-order chi connectivity index (χ1) is 20.2. The quantitative estimate of drug-likeness (QED) is 0.368. The van der Waals surface area contributed by atoms with E-state index in [0.717, 1.165) is 40.7 Å². The van der Waals surface area contributed by atoms with Gasteiger partial charge in [-0.3, -0.25) is 9.52 Å². The molecule has 0 saturated carbocycles. The summed E-state index contributed by atoms with van der Waals surface area (Å²) in [5.74, 6) is -1.67. The number of anilines is 1. The first-order valence-corrected chi connectivity index (χ1v) is 16.3. The molecule has 1 aliphatic rings. The molecule has 1 aliphatic heterocycles. The maximum absolute atomic E-state index is 13.4. The second-order valence-electron chi connectivity index (χ2n) is 10.5. The van der Waals surface area contributed by atoms with Crippen LogP contribution in [0.1, 0.15) is 19.4 Å². The lowest BCUT2D eigenvalue weighted by atomic mass is 10.0. The summed E-state index contributed by atoms with van der Waals surface area (Å²) in [5, 5.41) is 9.84. The summed E-state index contributed by atoms with van der Waals surface area (Å²) < 4.78 is 88.8. The van der Waals surface area contributed by atoms with E-state index in [2.05, 4.69) is 4.72 Å². The number of hydrogen-bond acceptors (Lipinski definition) is 7. The highest BCUT2D eigenvalue weighted by Crippen LogP contribution is 2.30. The maximum atomic E-state index is 13.4. The van der Waals surface area contributed by atoms with Crippen molar-refractivity contribution in [3.8, 4) is 5.75 Å². The molecule has 14 heteroatoms. The molecule has 0 aliphatic carbocycles. The number of aliphatic hydroxyl groups excluding tert-OH is 1. The van der Waals surface area contributed by atoms with Gasteiger partial charge in [0.15, 0.2) is 0 Å². The number of hydrogen-bond donors (Lipinski definition) is 2. The van der Waals surface area contributed by atoms with Crippen molar-refractivity contribution in [2.45, 2.75) is 42.2 Å². The Hall–Kier alpha value is -3.59. The minimum absolute atomic E-state index is 0.101. The van der Waals surface area contributed by atoms with Crippen LogP contribution in [0.25, 0.3) is 0 Å². The van der Waals surface area contributed by atoms with Crippen molar-refractivity contribution in [3.63, 3.8) is 0 Å². The lowest BCUT2D eigenvalue weighted by Crippen LogP contribution is -2.48. The van der Waals surface area contributed by atoms with Crippen LogP contribution in [0.5, 0.6) is 5.75 Å². The van der Waals surface area contributed by atoms with Crippen LogP contribution in [0.4, 0.5) is 14.5 Å². The van der Waals surface area contributed by atoms with Crippen LogP contribution in [0.2, 0.25) is 0 Å². The molecule has 0 bridgehead atoms. The van der Waals surface area contributed by atoms with E-state index < -0.39 is 49.7 Å². The summed E-state index contributed by atoms with van der Waals surface area (Å²) in [4.78, 5) is 14.7. The summed E-state index contributed by atoms with van der Waals surface area (Å²) in [6.45, 7) is 3.18. The molecule has 10 nitrogen and oxygen atoms in total.